The molecular weight excluding hydrogens is 521 g/mol. The summed E-state index contributed by atoms with van der Waals surface area (Å²) >= 11 is 8.68. The Morgan fingerprint density at radius 1 is 0.941 bits per heavy atom. The topological polar surface area (TPSA) is 79.5 Å². The molecule has 0 saturated heterocycles. The van der Waals surface area contributed by atoms with Crippen LogP contribution in [-0.2, 0) is 0 Å². The molecule has 0 fully saturated rings. The summed E-state index contributed by atoms with van der Waals surface area (Å²) < 4.78 is 19.4. The van der Waals surface area contributed by atoms with Gasteiger partial charge in [0.1, 0.15) is 11.6 Å². The van der Waals surface area contributed by atoms with E-state index in [2.05, 4.69) is 38.8 Å². The lowest BCUT2D eigenvalue weighted by Gasteiger charge is -2.12. The number of unbranched alkanes of at least 4 members (excludes halogenated alkanes) is 1. The first-order chi connectivity index (χ1) is 16.4. The quantitative estimate of drug-likeness (QED) is 0.234. The van der Waals surface area contributed by atoms with Crippen LogP contribution < -0.4 is 20.7 Å². The second-order valence-corrected chi connectivity index (χ2v) is 8.56. The zero-order chi connectivity index (χ0) is 24.5. The largest absolute Gasteiger partial charge is 0.492 e. The van der Waals surface area contributed by atoms with Gasteiger partial charge < -0.3 is 15.4 Å². The van der Waals surface area contributed by atoms with E-state index in [4.69, 9.17) is 17.0 Å². The average Bonchev–Trinajstić information content (AvgIpc) is 2.81. The summed E-state index contributed by atoms with van der Waals surface area (Å²) in [5.41, 5.74) is 1.77. The second kappa shape index (κ2) is 12.2. The van der Waals surface area contributed by atoms with Crippen molar-refractivity contribution in [1.82, 2.24) is 5.32 Å². The standard InChI is InChI=1S/C25H23BrFN3O3S/c1-2-3-13-33-22-12-7-17(15-21(22)26)24(32)30-25(34)29-20-6-4-5-16(14-20)23(31)28-19-10-8-18(27)9-11-19/h4-12,14-15H,2-3,13H2,1H3,(H,28,31)(H2,29,30,32,34). The first kappa shape index (κ1) is 25.3. The van der Waals surface area contributed by atoms with Crippen LogP contribution in [0.4, 0.5) is 15.8 Å². The molecule has 0 heterocycles. The minimum atomic E-state index is -0.386. The first-order valence-corrected chi connectivity index (χ1v) is 11.8. The van der Waals surface area contributed by atoms with Gasteiger partial charge in [-0.05, 0) is 95.2 Å². The van der Waals surface area contributed by atoms with Crippen LogP contribution in [0.15, 0.2) is 71.2 Å². The normalized spacial score (nSPS) is 10.3. The zero-order valence-electron chi connectivity index (χ0n) is 18.4. The van der Waals surface area contributed by atoms with E-state index < -0.39 is 0 Å². The molecule has 3 aromatic carbocycles. The molecule has 0 aliphatic carbocycles. The Kier molecular flexibility index (Phi) is 9.12. The molecule has 0 aliphatic heterocycles. The molecule has 0 saturated carbocycles. The summed E-state index contributed by atoms with van der Waals surface area (Å²) in [5, 5.41) is 8.30. The lowest BCUT2D eigenvalue weighted by atomic mass is 10.2. The predicted octanol–water partition coefficient (Wildman–Crippen LogP) is 6.15. The summed E-state index contributed by atoms with van der Waals surface area (Å²) in [5.74, 6) is -0.468. The van der Waals surface area contributed by atoms with E-state index in [0.29, 0.717) is 39.3 Å². The van der Waals surface area contributed by atoms with Gasteiger partial charge in [-0.1, -0.05) is 19.4 Å². The molecule has 3 N–H and O–H groups in total. The summed E-state index contributed by atoms with van der Waals surface area (Å²) in [6.45, 7) is 2.69. The van der Waals surface area contributed by atoms with Crippen LogP contribution in [0.3, 0.4) is 0 Å². The Hall–Kier alpha value is -3.30. The molecule has 176 valence electrons. The zero-order valence-corrected chi connectivity index (χ0v) is 20.8. The molecule has 6 nitrogen and oxygen atoms in total. The van der Waals surface area contributed by atoms with Crippen LogP contribution in [0.5, 0.6) is 5.75 Å². The summed E-state index contributed by atoms with van der Waals surface area (Å²) in [7, 11) is 0. The van der Waals surface area contributed by atoms with E-state index in [9.17, 15) is 14.0 Å². The van der Waals surface area contributed by atoms with Gasteiger partial charge in [0.15, 0.2) is 5.11 Å². The van der Waals surface area contributed by atoms with Gasteiger partial charge in [0.2, 0.25) is 0 Å². The van der Waals surface area contributed by atoms with Crippen LogP contribution in [0, 0.1) is 5.82 Å². The maximum absolute atomic E-state index is 13.0. The molecule has 0 radical (unpaired) electrons. The molecule has 0 atom stereocenters. The van der Waals surface area contributed by atoms with Crippen LogP contribution in [0.1, 0.15) is 40.5 Å². The minimum Gasteiger partial charge on any atom is -0.492 e. The van der Waals surface area contributed by atoms with E-state index >= 15 is 0 Å². The Morgan fingerprint density at radius 3 is 2.38 bits per heavy atom. The van der Waals surface area contributed by atoms with Gasteiger partial charge in [0, 0.05) is 22.5 Å². The number of amides is 2. The molecular formula is C25H23BrFN3O3S. The van der Waals surface area contributed by atoms with Gasteiger partial charge in [-0.2, -0.15) is 0 Å². The van der Waals surface area contributed by atoms with Gasteiger partial charge >= 0.3 is 0 Å². The first-order valence-electron chi connectivity index (χ1n) is 10.6. The maximum atomic E-state index is 13.0. The fourth-order valence-corrected chi connectivity index (χ4v) is 3.60. The van der Waals surface area contributed by atoms with Crippen LogP contribution >= 0.6 is 28.1 Å². The Bertz CT molecular complexity index is 1190. The lowest BCUT2D eigenvalue weighted by molar-refractivity contribution is 0.0976. The summed E-state index contributed by atoms with van der Waals surface area (Å²) in [4.78, 5) is 25.1. The van der Waals surface area contributed by atoms with Gasteiger partial charge in [0.25, 0.3) is 11.8 Å². The fourth-order valence-electron chi connectivity index (χ4n) is 2.90. The number of hydrogen-bond donors (Lipinski definition) is 3. The molecule has 34 heavy (non-hydrogen) atoms. The number of thiocarbonyl (C=S) groups is 1. The predicted molar refractivity (Wildman–Crippen MR) is 139 cm³/mol. The molecule has 3 rings (SSSR count). The van der Waals surface area contributed by atoms with Crippen molar-refractivity contribution in [2.45, 2.75) is 19.8 Å². The number of halogens is 2. The van der Waals surface area contributed by atoms with Crippen molar-refractivity contribution >= 4 is 56.4 Å². The van der Waals surface area contributed by atoms with E-state index in [1.165, 1.54) is 24.3 Å². The van der Waals surface area contributed by atoms with Crippen LogP contribution in [0.25, 0.3) is 0 Å². The lowest BCUT2D eigenvalue weighted by Crippen LogP contribution is -2.34. The highest BCUT2D eigenvalue weighted by molar-refractivity contribution is 9.10. The number of rotatable bonds is 8. The van der Waals surface area contributed by atoms with Crippen molar-refractivity contribution in [3.05, 3.63) is 88.1 Å². The van der Waals surface area contributed by atoms with Crippen LogP contribution in [-0.4, -0.2) is 23.5 Å². The van der Waals surface area contributed by atoms with E-state index in [-0.39, 0.29) is 22.7 Å². The maximum Gasteiger partial charge on any atom is 0.257 e. The van der Waals surface area contributed by atoms with Crippen molar-refractivity contribution in [2.24, 2.45) is 0 Å². The summed E-state index contributed by atoms with van der Waals surface area (Å²) in [6, 6.07) is 17.2. The van der Waals surface area contributed by atoms with Gasteiger partial charge in [-0.3, -0.25) is 14.9 Å². The third-order valence-electron chi connectivity index (χ3n) is 4.66. The van der Waals surface area contributed by atoms with Gasteiger partial charge in [-0.25, -0.2) is 4.39 Å². The number of nitrogens with one attached hydrogen (secondary N) is 3. The van der Waals surface area contributed by atoms with Crippen molar-refractivity contribution in [3.63, 3.8) is 0 Å². The van der Waals surface area contributed by atoms with Crippen molar-refractivity contribution in [3.8, 4) is 5.75 Å². The monoisotopic (exact) mass is 543 g/mol. The Labute approximate surface area is 211 Å². The molecule has 0 unspecified atom stereocenters. The number of anilines is 2. The Balaban J connectivity index is 1.58. The van der Waals surface area contributed by atoms with E-state index in [1.807, 2.05) is 0 Å². The van der Waals surface area contributed by atoms with Gasteiger partial charge in [0.05, 0.1) is 11.1 Å². The number of carbonyl (C=O) groups excluding carboxylic acids is 2. The van der Waals surface area contributed by atoms with E-state index in [1.54, 1.807) is 42.5 Å². The Morgan fingerprint density at radius 2 is 1.68 bits per heavy atom. The molecule has 2 amide bonds. The SMILES string of the molecule is CCCCOc1ccc(C(=O)NC(=S)Nc2cccc(C(=O)Nc3ccc(F)cc3)c2)cc1Br. The smallest absolute Gasteiger partial charge is 0.257 e. The summed E-state index contributed by atoms with van der Waals surface area (Å²) in [6.07, 6.45) is 1.98. The highest BCUT2D eigenvalue weighted by Crippen LogP contribution is 2.26. The van der Waals surface area contributed by atoms with Crippen molar-refractivity contribution in [1.29, 1.82) is 0 Å². The highest BCUT2D eigenvalue weighted by Gasteiger charge is 2.12. The molecule has 3 aromatic rings. The average molecular weight is 544 g/mol. The third kappa shape index (κ3) is 7.36. The van der Waals surface area contributed by atoms with Crippen LogP contribution in [0.2, 0.25) is 0 Å². The van der Waals surface area contributed by atoms with Crippen molar-refractivity contribution in [2.75, 3.05) is 17.2 Å². The third-order valence-corrected chi connectivity index (χ3v) is 5.49. The number of ether oxygens (including phenoxy) is 1. The second-order valence-electron chi connectivity index (χ2n) is 7.30. The number of carbonyl (C=O) groups is 2. The minimum absolute atomic E-state index is 0.0838. The van der Waals surface area contributed by atoms with E-state index in [0.717, 1.165) is 12.8 Å². The molecule has 0 aliphatic rings. The fraction of sp³-hybridized carbons (Fsp3) is 0.160. The van der Waals surface area contributed by atoms with Gasteiger partial charge in [-0.15, -0.1) is 0 Å². The molecule has 0 bridgehead atoms. The molecule has 0 aromatic heterocycles. The molecule has 0 spiro atoms. The molecule has 9 heteroatoms. The number of benzene rings is 3. The number of hydrogen-bond acceptors (Lipinski definition) is 4. The highest BCUT2D eigenvalue weighted by atomic mass is 79.9. The van der Waals surface area contributed by atoms with Crippen molar-refractivity contribution < 1.29 is 18.7 Å².